The SMILES string of the molecule is Cc1ccc(O)c(C(=O)N(C)C2CCC(C)(C)CC2)c1. The van der Waals surface area contributed by atoms with Gasteiger partial charge in [0.1, 0.15) is 5.75 Å². The Bertz CT molecular complexity index is 498. The Morgan fingerprint density at radius 1 is 1.30 bits per heavy atom. The minimum atomic E-state index is -0.0732. The second-order valence-electron chi connectivity index (χ2n) is 6.83. The van der Waals surface area contributed by atoms with Crippen molar-refractivity contribution in [2.75, 3.05) is 7.05 Å². The van der Waals surface area contributed by atoms with Crippen LogP contribution in [0.25, 0.3) is 0 Å². The molecule has 0 radical (unpaired) electrons. The first-order chi connectivity index (χ1) is 9.30. The van der Waals surface area contributed by atoms with E-state index in [1.807, 2.05) is 24.9 Å². The zero-order valence-corrected chi connectivity index (χ0v) is 12.9. The lowest BCUT2D eigenvalue weighted by Crippen LogP contribution is -2.40. The molecule has 0 saturated heterocycles. The second-order valence-corrected chi connectivity index (χ2v) is 6.83. The third kappa shape index (κ3) is 3.14. The largest absolute Gasteiger partial charge is 0.507 e. The van der Waals surface area contributed by atoms with Crippen molar-refractivity contribution >= 4 is 5.91 Å². The number of hydrogen-bond donors (Lipinski definition) is 1. The molecular weight excluding hydrogens is 250 g/mol. The van der Waals surface area contributed by atoms with E-state index in [0.717, 1.165) is 31.2 Å². The highest BCUT2D eigenvalue weighted by molar-refractivity contribution is 5.97. The van der Waals surface area contributed by atoms with Crippen molar-refractivity contribution in [2.24, 2.45) is 5.41 Å². The number of amides is 1. The standard InChI is InChI=1S/C17H25NO2/c1-12-5-6-15(19)14(11-12)16(20)18(4)13-7-9-17(2,3)10-8-13/h5-6,11,13,19H,7-10H2,1-4H3. The minimum Gasteiger partial charge on any atom is -0.507 e. The lowest BCUT2D eigenvalue weighted by molar-refractivity contribution is 0.0632. The zero-order valence-electron chi connectivity index (χ0n) is 12.9. The van der Waals surface area contributed by atoms with Crippen molar-refractivity contribution in [2.45, 2.75) is 52.5 Å². The van der Waals surface area contributed by atoms with Crippen LogP contribution < -0.4 is 0 Å². The van der Waals surface area contributed by atoms with E-state index in [9.17, 15) is 9.90 Å². The maximum absolute atomic E-state index is 12.5. The summed E-state index contributed by atoms with van der Waals surface area (Å²) in [5.41, 5.74) is 1.80. The molecule has 3 heteroatoms. The average Bonchev–Trinajstić information content (AvgIpc) is 2.40. The molecule has 0 spiro atoms. The summed E-state index contributed by atoms with van der Waals surface area (Å²) in [5.74, 6) is -0.000467. The van der Waals surface area contributed by atoms with Gasteiger partial charge >= 0.3 is 0 Å². The average molecular weight is 275 g/mol. The Morgan fingerprint density at radius 2 is 1.90 bits per heavy atom. The summed E-state index contributed by atoms with van der Waals surface area (Å²) in [6, 6.07) is 5.46. The van der Waals surface area contributed by atoms with E-state index in [1.165, 1.54) is 0 Å². The Morgan fingerprint density at radius 3 is 2.50 bits per heavy atom. The summed E-state index contributed by atoms with van der Waals surface area (Å²) < 4.78 is 0. The van der Waals surface area contributed by atoms with E-state index < -0.39 is 0 Å². The van der Waals surface area contributed by atoms with E-state index in [1.54, 1.807) is 12.1 Å². The predicted octanol–water partition coefficient (Wildman–Crippen LogP) is 3.74. The molecular formula is C17H25NO2. The molecule has 0 bridgehead atoms. The van der Waals surface area contributed by atoms with Crippen LogP contribution in [0.15, 0.2) is 18.2 Å². The van der Waals surface area contributed by atoms with Gasteiger partial charge in [-0.05, 0) is 50.2 Å². The molecule has 1 aliphatic rings. The lowest BCUT2D eigenvalue weighted by Gasteiger charge is -2.38. The smallest absolute Gasteiger partial charge is 0.257 e. The highest BCUT2D eigenvalue weighted by Gasteiger charge is 2.31. The van der Waals surface area contributed by atoms with Crippen LogP contribution >= 0.6 is 0 Å². The summed E-state index contributed by atoms with van der Waals surface area (Å²) in [6.45, 7) is 6.51. The topological polar surface area (TPSA) is 40.5 Å². The lowest BCUT2D eigenvalue weighted by atomic mass is 9.75. The van der Waals surface area contributed by atoms with E-state index >= 15 is 0 Å². The van der Waals surface area contributed by atoms with Crippen molar-refractivity contribution in [1.82, 2.24) is 4.90 Å². The fourth-order valence-electron chi connectivity index (χ4n) is 2.95. The summed E-state index contributed by atoms with van der Waals surface area (Å²) in [5, 5.41) is 9.89. The molecule has 1 saturated carbocycles. The van der Waals surface area contributed by atoms with Crippen molar-refractivity contribution < 1.29 is 9.90 Å². The third-order valence-corrected chi connectivity index (χ3v) is 4.56. The first-order valence-electron chi connectivity index (χ1n) is 7.37. The zero-order chi connectivity index (χ0) is 14.9. The number of carbonyl (C=O) groups is 1. The molecule has 2 rings (SSSR count). The van der Waals surface area contributed by atoms with Gasteiger partial charge in [-0.2, -0.15) is 0 Å². The number of rotatable bonds is 2. The fourth-order valence-corrected chi connectivity index (χ4v) is 2.95. The molecule has 1 fully saturated rings. The number of aromatic hydroxyl groups is 1. The number of phenols is 1. The van der Waals surface area contributed by atoms with Gasteiger partial charge in [0.25, 0.3) is 5.91 Å². The van der Waals surface area contributed by atoms with Gasteiger partial charge in [0.2, 0.25) is 0 Å². The van der Waals surface area contributed by atoms with Crippen molar-refractivity contribution in [1.29, 1.82) is 0 Å². The van der Waals surface area contributed by atoms with Crippen LogP contribution in [0.5, 0.6) is 5.75 Å². The van der Waals surface area contributed by atoms with Crippen LogP contribution in [0.2, 0.25) is 0 Å². The molecule has 0 atom stereocenters. The van der Waals surface area contributed by atoms with Crippen molar-refractivity contribution in [3.63, 3.8) is 0 Å². The van der Waals surface area contributed by atoms with Crippen LogP contribution in [-0.4, -0.2) is 29.0 Å². The molecule has 110 valence electrons. The van der Waals surface area contributed by atoms with Gasteiger partial charge in [-0.25, -0.2) is 0 Å². The Balaban J connectivity index is 2.11. The minimum absolute atomic E-state index is 0.0728. The molecule has 1 aliphatic carbocycles. The third-order valence-electron chi connectivity index (χ3n) is 4.56. The second kappa shape index (κ2) is 5.47. The number of nitrogens with zero attached hydrogens (tertiary/aromatic N) is 1. The quantitative estimate of drug-likeness (QED) is 0.893. The molecule has 3 nitrogen and oxygen atoms in total. The Hall–Kier alpha value is -1.51. The molecule has 0 unspecified atom stereocenters. The maximum atomic E-state index is 12.5. The van der Waals surface area contributed by atoms with E-state index in [0.29, 0.717) is 11.0 Å². The molecule has 20 heavy (non-hydrogen) atoms. The summed E-state index contributed by atoms with van der Waals surface area (Å²) >= 11 is 0. The Kier molecular flexibility index (Phi) is 4.07. The number of phenolic OH excluding ortho intramolecular Hbond substituents is 1. The van der Waals surface area contributed by atoms with Crippen molar-refractivity contribution in [3.05, 3.63) is 29.3 Å². The molecule has 1 aromatic carbocycles. The Labute approximate surface area is 121 Å². The van der Waals surface area contributed by atoms with E-state index in [4.69, 9.17) is 0 Å². The normalized spacial score (nSPS) is 18.8. The van der Waals surface area contributed by atoms with E-state index in [2.05, 4.69) is 13.8 Å². The van der Waals surface area contributed by atoms with Gasteiger partial charge < -0.3 is 10.0 Å². The van der Waals surface area contributed by atoms with Gasteiger partial charge in [-0.3, -0.25) is 4.79 Å². The van der Waals surface area contributed by atoms with E-state index in [-0.39, 0.29) is 17.7 Å². The molecule has 0 aromatic heterocycles. The van der Waals surface area contributed by atoms with Gasteiger partial charge in [-0.15, -0.1) is 0 Å². The predicted molar refractivity (Wildman–Crippen MR) is 81.0 cm³/mol. The fraction of sp³-hybridized carbons (Fsp3) is 0.588. The number of benzene rings is 1. The first kappa shape index (κ1) is 14.9. The highest BCUT2D eigenvalue weighted by atomic mass is 16.3. The van der Waals surface area contributed by atoms with Crippen LogP contribution in [0.4, 0.5) is 0 Å². The van der Waals surface area contributed by atoms with Crippen molar-refractivity contribution in [3.8, 4) is 5.75 Å². The monoisotopic (exact) mass is 275 g/mol. The number of carbonyl (C=O) groups excluding carboxylic acids is 1. The number of hydrogen-bond acceptors (Lipinski definition) is 2. The van der Waals surface area contributed by atoms with Crippen LogP contribution in [0.1, 0.15) is 55.5 Å². The van der Waals surface area contributed by atoms with Gasteiger partial charge in [0, 0.05) is 13.1 Å². The van der Waals surface area contributed by atoms with Gasteiger partial charge in [0.15, 0.2) is 0 Å². The molecule has 1 N–H and O–H groups in total. The maximum Gasteiger partial charge on any atom is 0.257 e. The molecule has 1 amide bonds. The van der Waals surface area contributed by atoms with Gasteiger partial charge in [-0.1, -0.05) is 25.5 Å². The van der Waals surface area contributed by atoms with Crippen LogP contribution in [0.3, 0.4) is 0 Å². The van der Waals surface area contributed by atoms with Crippen LogP contribution in [-0.2, 0) is 0 Å². The summed E-state index contributed by atoms with van der Waals surface area (Å²) in [7, 11) is 1.85. The summed E-state index contributed by atoms with van der Waals surface area (Å²) in [6.07, 6.45) is 4.38. The highest BCUT2D eigenvalue weighted by Crippen LogP contribution is 2.37. The van der Waals surface area contributed by atoms with Crippen LogP contribution in [0, 0.1) is 12.3 Å². The molecule has 0 heterocycles. The molecule has 1 aromatic rings. The van der Waals surface area contributed by atoms with Gasteiger partial charge in [0.05, 0.1) is 5.56 Å². The summed E-state index contributed by atoms with van der Waals surface area (Å²) in [4.78, 5) is 14.4. The first-order valence-corrected chi connectivity index (χ1v) is 7.37. The number of aryl methyl sites for hydroxylation is 1. The molecule has 0 aliphatic heterocycles.